The molecule has 2 aliphatic heterocycles. The van der Waals surface area contributed by atoms with Crippen molar-refractivity contribution in [1.82, 2.24) is 0 Å². The first-order chi connectivity index (χ1) is 38.3. The zero-order valence-corrected chi connectivity index (χ0v) is 51.2. The zero-order valence-electron chi connectivity index (χ0n) is 50.4. The van der Waals surface area contributed by atoms with Crippen molar-refractivity contribution >= 4 is 95.0 Å². The molecule has 2 aliphatic rings. The maximum atomic E-state index is 2.60. The quantitative estimate of drug-likeness (QED) is 0.147. The topological polar surface area (TPSA) is 9.72 Å². The Hall–Kier alpha value is -7.60. The van der Waals surface area contributed by atoms with Crippen molar-refractivity contribution in [2.45, 2.75) is 131 Å². The summed E-state index contributed by atoms with van der Waals surface area (Å²) in [6.07, 6.45) is 0. The predicted octanol–water partition coefficient (Wildman–Crippen LogP) is 20.3. The van der Waals surface area contributed by atoms with Gasteiger partial charge >= 0.3 is 0 Å². The highest BCUT2D eigenvalue weighted by Gasteiger charge is 2.46. The van der Waals surface area contributed by atoms with Crippen LogP contribution in [-0.4, -0.2) is 6.71 Å². The smallest absolute Gasteiger partial charge is 0.264 e. The minimum absolute atomic E-state index is 0.00402. The molecule has 3 heterocycles. The van der Waals surface area contributed by atoms with Gasteiger partial charge in [-0.25, -0.2) is 0 Å². The van der Waals surface area contributed by atoms with Crippen molar-refractivity contribution in [2.75, 3.05) is 14.7 Å². The highest BCUT2D eigenvalue weighted by atomic mass is 32.1. The van der Waals surface area contributed by atoms with Crippen LogP contribution in [0.25, 0.3) is 32.3 Å². The fourth-order valence-electron chi connectivity index (χ4n) is 12.3. The number of benzene rings is 9. The maximum Gasteiger partial charge on any atom is 0.264 e. The summed E-state index contributed by atoms with van der Waals surface area (Å²) >= 11 is 1.98. The Kier molecular flexibility index (Phi) is 13.0. The van der Waals surface area contributed by atoms with E-state index in [1.807, 2.05) is 11.3 Å². The number of nitrogens with zero attached hydrogens (tertiary/aromatic N) is 3. The normalized spacial score (nSPS) is 13.5. The van der Waals surface area contributed by atoms with Crippen LogP contribution in [-0.2, 0) is 27.1 Å². The van der Waals surface area contributed by atoms with Crippen molar-refractivity contribution in [2.24, 2.45) is 0 Å². The Balaban J connectivity index is 1.14. The summed E-state index contributed by atoms with van der Waals surface area (Å²) in [6, 6.07) is 76.9. The van der Waals surface area contributed by atoms with Crippen LogP contribution in [0.3, 0.4) is 0 Å². The third-order valence-corrected chi connectivity index (χ3v) is 18.4. The highest BCUT2D eigenvalue weighted by molar-refractivity contribution is 7.34. The van der Waals surface area contributed by atoms with Gasteiger partial charge in [0.05, 0.1) is 5.69 Å². The standard InChI is InChI=1S/C76H78BN3S/c1-72(2,3)50-27-36-55(37-28-50)78(56-38-29-51(30-39-56)73(4,5)6)59-44-46-64-67(48-59)79(57-40-31-52(32-41-57)74(7,8)9)65-25-20-26-66-68(65)77(64)71-69(80(66)58-42-33-53(34-43-58)75(10,11)12)62-24-19-23-61(70(62)81-71)60-45-35-54(76(13,14)15)47-63(60)49-21-17-16-18-22-49/h16-48H,1-15H3. The molecule has 0 N–H and O–H groups in total. The van der Waals surface area contributed by atoms with Gasteiger partial charge in [0.25, 0.3) is 6.71 Å². The van der Waals surface area contributed by atoms with Crippen LogP contribution in [0.2, 0.25) is 0 Å². The molecule has 1 aromatic heterocycles. The van der Waals surface area contributed by atoms with Gasteiger partial charge in [-0.15, -0.1) is 11.3 Å². The van der Waals surface area contributed by atoms with E-state index < -0.39 is 0 Å². The molecule has 0 saturated heterocycles. The lowest BCUT2D eigenvalue weighted by Crippen LogP contribution is -2.60. The van der Waals surface area contributed by atoms with Crippen LogP contribution in [0, 0.1) is 0 Å². The number of hydrogen-bond donors (Lipinski definition) is 0. The lowest BCUT2D eigenvalue weighted by molar-refractivity contribution is 0.590. The van der Waals surface area contributed by atoms with Crippen molar-refractivity contribution in [1.29, 1.82) is 0 Å². The Bertz CT molecular complexity index is 3930. The third-order valence-electron chi connectivity index (χ3n) is 17.1. The molecule has 0 radical (unpaired) electrons. The Labute approximate surface area is 488 Å². The molecule has 0 amide bonds. The Morgan fingerprint density at radius 3 is 1.33 bits per heavy atom. The van der Waals surface area contributed by atoms with Gasteiger partial charge in [0, 0.05) is 65.9 Å². The van der Waals surface area contributed by atoms with Crippen molar-refractivity contribution in [3.63, 3.8) is 0 Å². The largest absolute Gasteiger partial charge is 0.311 e. The SMILES string of the molecule is CC(C)(C)c1ccc(N(c2ccc(C(C)(C)C)cc2)c2ccc3c(c2)N(c2ccc(C(C)(C)C)cc2)c2cccc4c2B3c2sc3c(-c5ccc(C(C)(C)C)cc5-c5ccccc5)cccc3c2N4c2ccc(C(C)(C)C)cc2)cc1. The molecule has 81 heavy (non-hydrogen) atoms. The Morgan fingerprint density at radius 2 is 0.815 bits per heavy atom. The van der Waals surface area contributed by atoms with E-state index in [0.717, 1.165) is 28.4 Å². The fourth-order valence-corrected chi connectivity index (χ4v) is 13.8. The number of thiophene rings is 1. The minimum Gasteiger partial charge on any atom is -0.311 e. The van der Waals surface area contributed by atoms with Gasteiger partial charge in [0.2, 0.25) is 0 Å². The Morgan fingerprint density at radius 1 is 0.358 bits per heavy atom. The molecule has 0 unspecified atom stereocenters. The van der Waals surface area contributed by atoms with E-state index >= 15 is 0 Å². The second-order valence-corrected chi connectivity index (χ2v) is 29.0. The first kappa shape index (κ1) is 54.0. The molecule has 406 valence electrons. The van der Waals surface area contributed by atoms with Gasteiger partial charge in [0.15, 0.2) is 0 Å². The number of anilines is 9. The van der Waals surface area contributed by atoms with Crippen LogP contribution in [0.1, 0.15) is 132 Å². The summed E-state index contributed by atoms with van der Waals surface area (Å²) in [7, 11) is 0. The number of fused-ring (bicyclic) bond motifs is 6. The molecule has 3 nitrogen and oxygen atoms in total. The van der Waals surface area contributed by atoms with Gasteiger partial charge < -0.3 is 14.7 Å². The number of rotatable bonds is 7. The molecule has 10 aromatic rings. The molecule has 0 fully saturated rings. The summed E-state index contributed by atoms with van der Waals surface area (Å²) in [6.45, 7) is 34.5. The monoisotopic (exact) mass is 1080 g/mol. The minimum atomic E-state index is -0.0573. The highest BCUT2D eigenvalue weighted by Crippen LogP contribution is 2.51. The molecule has 12 rings (SSSR count). The average Bonchev–Trinajstić information content (AvgIpc) is 2.24. The fraction of sp³-hybridized carbons (Fsp3) is 0.263. The van der Waals surface area contributed by atoms with E-state index in [1.165, 1.54) is 98.6 Å². The van der Waals surface area contributed by atoms with Crippen LogP contribution in [0.4, 0.5) is 51.2 Å². The first-order valence-corrected chi connectivity index (χ1v) is 30.0. The average molecular weight is 1080 g/mol. The first-order valence-electron chi connectivity index (χ1n) is 29.2. The van der Waals surface area contributed by atoms with Gasteiger partial charge in [-0.3, -0.25) is 0 Å². The molecular weight excluding hydrogens is 998 g/mol. The summed E-state index contributed by atoms with van der Waals surface area (Å²) in [5, 5.41) is 1.27. The van der Waals surface area contributed by atoms with Crippen LogP contribution < -0.4 is 30.4 Å². The second-order valence-electron chi connectivity index (χ2n) is 28.0. The van der Waals surface area contributed by atoms with Crippen LogP contribution >= 0.6 is 11.3 Å². The molecule has 0 spiro atoms. The molecule has 0 bridgehead atoms. The molecule has 0 atom stereocenters. The predicted molar refractivity (Wildman–Crippen MR) is 355 cm³/mol. The van der Waals surface area contributed by atoms with Gasteiger partial charge in [-0.2, -0.15) is 0 Å². The molecule has 9 aromatic carbocycles. The third kappa shape index (κ3) is 9.69. The summed E-state index contributed by atoms with van der Waals surface area (Å²) in [4.78, 5) is 7.63. The van der Waals surface area contributed by atoms with Crippen molar-refractivity contribution in [3.05, 3.63) is 228 Å². The van der Waals surface area contributed by atoms with Gasteiger partial charge in [-0.1, -0.05) is 231 Å². The molecule has 0 aliphatic carbocycles. The molecule has 5 heteroatoms. The van der Waals surface area contributed by atoms with E-state index in [4.69, 9.17) is 0 Å². The van der Waals surface area contributed by atoms with Crippen LogP contribution in [0.5, 0.6) is 0 Å². The van der Waals surface area contributed by atoms with Crippen LogP contribution in [0.15, 0.2) is 200 Å². The summed E-state index contributed by atoms with van der Waals surface area (Å²) in [5.74, 6) is 0. The lowest BCUT2D eigenvalue weighted by atomic mass is 9.36. The maximum absolute atomic E-state index is 2.60. The lowest BCUT2D eigenvalue weighted by Gasteiger charge is -2.43. The van der Waals surface area contributed by atoms with E-state index in [0.29, 0.717) is 0 Å². The zero-order chi connectivity index (χ0) is 57.1. The molecular formula is C76H78BN3S. The summed E-state index contributed by atoms with van der Waals surface area (Å²) < 4.78 is 2.66. The van der Waals surface area contributed by atoms with E-state index in [1.54, 1.807) is 0 Å². The van der Waals surface area contributed by atoms with Gasteiger partial charge in [0.1, 0.15) is 0 Å². The molecule has 0 saturated carbocycles. The second kappa shape index (κ2) is 19.6. The van der Waals surface area contributed by atoms with E-state index in [2.05, 4.69) is 319 Å². The summed E-state index contributed by atoms with van der Waals surface area (Å²) in [5.41, 5.74) is 24.8. The van der Waals surface area contributed by atoms with Crippen molar-refractivity contribution < 1.29 is 0 Å². The van der Waals surface area contributed by atoms with Gasteiger partial charge in [-0.05, 0) is 155 Å². The van der Waals surface area contributed by atoms with E-state index in [-0.39, 0.29) is 33.8 Å². The van der Waals surface area contributed by atoms with E-state index in [9.17, 15) is 0 Å². The van der Waals surface area contributed by atoms with Crippen molar-refractivity contribution in [3.8, 4) is 22.3 Å². The number of hydrogen-bond acceptors (Lipinski definition) is 4.